The van der Waals surface area contributed by atoms with E-state index in [-0.39, 0.29) is 17.7 Å². The van der Waals surface area contributed by atoms with Gasteiger partial charge in [0.1, 0.15) is 5.82 Å². The van der Waals surface area contributed by atoms with E-state index in [4.69, 9.17) is 5.73 Å². The summed E-state index contributed by atoms with van der Waals surface area (Å²) in [4.78, 5) is 31.9. The van der Waals surface area contributed by atoms with Gasteiger partial charge in [0.25, 0.3) is 0 Å². The summed E-state index contributed by atoms with van der Waals surface area (Å²) in [6.07, 6.45) is 2.76. The Balaban J connectivity index is 1.55. The fourth-order valence-corrected chi connectivity index (χ4v) is 4.16. The summed E-state index contributed by atoms with van der Waals surface area (Å²) in [5, 5.41) is 2.95. The number of Topliss-reactive ketones (excluding diaryl/α,β-unsaturated/α-hetero) is 1. The van der Waals surface area contributed by atoms with E-state index >= 15 is 0 Å². The molecule has 1 aromatic carbocycles. The van der Waals surface area contributed by atoms with Crippen molar-refractivity contribution in [1.29, 1.82) is 0 Å². The van der Waals surface area contributed by atoms with Crippen molar-refractivity contribution in [1.82, 2.24) is 15.2 Å². The Kier molecular flexibility index (Phi) is 7.21. The highest BCUT2D eigenvalue weighted by Crippen LogP contribution is 2.31. The Morgan fingerprint density at radius 1 is 1.23 bits per heavy atom. The third kappa shape index (κ3) is 5.45. The summed E-state index contributed by atoms with van der Waals surface area (Å²) >= 11 is 0. The van der Waals surface area contributed by atoms with Gasteiger partial charge in [-0.1, -0.05) is 36.4 Å². The molecule has 1 aliphatic heterocycles. The van der Waals surface area contributed by atoms with Gasteiger partial charge in [0, 0.05) is 12.1 Å². The highest BCUT2D eigenvalue weighted by molar-refractivity contribution is 5.90. The number of hydrogen-bond donors (Lipinski definition) is 2. The zero-order valence-electron chi connectivity index (χ0n) is 18.1. The first-order chi connectivity index (χ1) is 14.3. The maximum absolute atomic E-state index is 12.9. The Hall–Kier alpha value is -2.73. The average Bonchev–Trinajstić information content (AvgIpc) is 2.73. The first-order valence-corrected chi connectivity index (χ1v) is 10.7. The molecule has 1 saturated heterocycles. The van der Waals surface area contributed by atoms with E-state index in [1.54, 1.807) is 13.0 Å². The van der Waals surface area contributed by atoms with Crippen LogP contribution in [0, 0.1) is 6.92 Å². The van der Waals surface area contributed by atoms with Crippen molar-refractivity contribution in [2.24, 2.45) is 0 Å². The molecule has 0 spiro atoms. The SMILES string of the molecule is Cc1nc(N)ccc1CCC(=O)[C@H](C)NC(=O)[C@H]1C[C@@H](c2ccccc2)CCN1C. The number of nitrogens with zero attached hydrogens (tertiary/aromatic N) is 2. The van der Waals surface area contributed by atoms with Gasteiger partial charge in [-0.2, -0.15) is 0 Å². The van der Waals surface area contributed by atoms with Gasteiger partial charge < -0.3 is 11.1 Å². The van der Waals surface area contributed by atoms with Crippen LogP contribution in [0.3, 0.4) is 0 Å². The smallest absolute Gasteiger partial charge is 0.237 e. The highest BCUT2D eigenvalue weighted by Gasteiger charge is 2.33. The number of ketones is 1. The van der Waals surface area contributed by atoms with Gasteiger partial charge in [-0.3, -0.25) is 14.5 Å². The molecule has 6 nitrogen and oxygen atoms in total. The Morgan fingerprint density at radius 3 is 2.67 bits per heavy atom. The number of nitrogens with two attached hydrogens (primary N) is 1. The number of hydrogen-bond acceptors (Lipinski definition) is 5. The first kappa shape index (κ1) is 22.0. The second-order valence-corrected chi connectivity index (χ2v) is 8.31. The van der Waals surface area contributed by atoms with Gasteiger partial charge in [0.05, 0.1) is 12.1 Å². The normalized spacial score (nSPS) is 20.5. The lowest BCUT2D eigenvalue weighted by Crippen LogP contribution is -2.52. The van der Waals surface area contributed by atoms with Crippen LogP contribution in [-0.4, -0.2) is 47.3 Å². The van der Waals surface area contributed by atoms with E-state index in [9.17, 15) is 9.59 Å². The Morgan fingerprint density at radius 2 is 1.97 bits per heavy atom. The third-order valence-corrected chi connectivity index (χ3v) is 6.14. The molecular weight excluding hydrogens is 376 g/mol. The summed E-state index contributed by atoms with van der Waals surface area (Å²) in [6, 6.07) is 13.3. The molecule has 1 aromatic heterocycles. The molecule has 0 unspecified atom stereocenters. The lowest BCUT2D eigenvalue weighted by Gasteiger charge is -2.36. The van der Waals surface area contributed by atoms with E-state index in [0.29, 0.717) is 24.6 Å². The minimum Gasteiger partial charge on any atom is -0.384 e. The molecule has 6 heteroatoms. The average molecular weight is 409 g/mol. The second kappa shape index (κ2) is 9.85. The molecule has 0 aliphatic carbocycles. The molecule has 1 fully saturated rings. The van der Waals surface area contributed by atoms with E-state index in [0.717, 1.165) is 30.6 Å². The van der Waals surface area contributed by atoms with Gasteiger partial charge in [-0.25, -0.2) is 4.98 Å². The number of amides is 1. The van der Waals surface area contributed by atoms with Crippen LogP contribution >= 0.6 is 0 Å². The van der Waals surface area contributed by atoms with Crippen LogP contribution in [0.1, 0.15) is 48.9 Å². The van der Waals surface area contributed by atoms with Crippen molar-refractivity contribution in [3.63, 3.8) is 0 Å². The van der Waals surface area contributed by atoms with Gasteiger partial charge in [-0.05, 0) is 69.8 Å². The van der Waals surface area contributed by atoms with Crippen molar-refractivity contribution in [2.45, 2.75) is 57.5 Å². The number of pyridine rings is 1. The molecule has 3 atom stereocenters. The zero-order chi connectivity index (χ0) is 21.7. The molecular formula is C24H32N4O2. The van der Waals surface area contributed by atoms with E-state index in [1.807, 2.05) is 38.2 Å². The molecule has 30 heavy (non-hydrogen) atoms. The van der Waals surface area contributed by atoms with Crippen LogP contribution < -0.4 is 11.1 Å². The van der Waals surface area contributed by atoms with E-state index < -0.39 is 6.04 Å². The summed E-state index contributed by atoms with van der Waals surface area (Å²) in [6.45, 7) is 4.53. The number of piperidine rings is 1. The predicted octanol–water partition coefficient (Wildman–Crippen LogP) is 2.86. The largest absolute Gasteiger partial charge is 0.384 e. The number of benzene rings is 1. The molecule has 2 aromatic rings. The van der Waals surface area contributed by atoms with Gasteiger partial charge in [-0.15, -0.1) is 0 Å². The van der Waals surface area contributed by atoms with Crippen molar-refractivity contribution < 1.29 is 9.59 Å². The van der Waals surface area contributed by atoms with Crippen molar-refractivity contribution in [3.05, 3.63) is 59.3 Å². The third-order valence-electron chi connectivity index (χ3n) is 6.14. The molecule has 0 radical (unpaired) electrons. The number of nitrogens with one attached hydrogen (secondary N) is 1. The number of aromatic nitrogens is 1. The molecule has 0 bridgehead atoms. The first-order valence-electron chi connectivity index (χ1n) is 10.7. The number of likely N-dealkylation sites (tertiary alicyclic amines) is 1. The van der Waals surface area contributed by atoms with E-state index in [1.165, 1.54) is 5.56 Å². The zero-order valence-corrected chi connectivity index (χ0v) is 18.1. The van der Waals surface area contributed by atoms with Gasteiger partial charge in [0.15, 0.2) is 5.78 Å². The number of aryl methyl sites for hydroxylation is 2. The van der Waals surface area contributed by atoms with Crippen LogP contribution in [0.2, 0.25) is 0 Å². The topological polar surface area (TPSA) is 88.3 Å². The van der Waals surface area contributed by atoms with Crippen LogP contribution in [-0.2, 0) is 16.0 Å². The number of likely N-dealkylation sites (N-methyl/N-ethyl adjacent to an activating group) is 1. The van der Waals surface area contributed by atoms with Crippen LogP contribution in [0.5, 0.6) is 0 Å². The van der Waals surface area contributed by atoms with Crippen LogP contribution in [0.15, 0.2) is 42.5 Å². The second-order valence-electron chi connectivity index (χ2n) is 8.31. The van der Waals surface area contributed by atoms with Gasteiger partial charge >= 0.3 is 0 Å². The summed E-state index contributed by atoms with van der Waals surface area (Å²) in [7, 11) is 1.98. The summed E-state index contributed by atoms with van der Waals surface area (Å²) < 4.78 is 0. The maximum Gasteiger partial charge on any atom is 0.237 e. The van der Waals surface area contributed by atoms with Crippen molar-refractivity contribution in [3.8, 4) is 0 Å². The monoisotopic (exact) mass is 408 g/mol. The molecule has 3 rings (SSSR count). The number of carbonyl (C=O) groups is 2. The highest BCUT2D eigenvalue weighted by atomic mass is 16.2. The van der Waals surface area contributed by atoms with Crippen molar-refractivity contribution >= 4 is 17.5 Å². The minimum absolute atomic E-state index is 0.0256. The molecule has 2 heterocycles. The van der Waals surface area contributed by atoms with Gasteiger partial charge in [0.2, 0.25) is 5.91 Å². The standard InChI is InChI=1S/C24H32N4O2/c1-16-18(10-12-23(25)26-16)9-11-22(29)17(2)27-24(30)21-15-20(13-14-28(21)3)19-7-5-4-6-8-19/h4-8,10,12,17,20-21H,9,11,13-15H2,1-3H3,(H2,25,26)(H,27,30)/t17-,20-,21+/m0/s1. The number of carbonyl (C=O) groups excluding carboxylic acids is 2. The molecule has 1 aliphatic rings. The fourth-order valence-electron chi connectivity index (χ4n) is 4.16. The molecule has 3 N–H and O–H groups in total. The molecule has 0 saturated carbocycles. The number of anilines is 1. The van der Waals surface area contributed by atoms with E-state index in [2.05, 4.69) is 27.3 Å². The van der Waals surface area contributed by atoms with Crippen molar-refractivity contribution in [2.75, 3.05) is 19.3 Å². The lowest BCUT2D eigenvalue weighted by atomic mass is 9.85. The van der Waals surface area contributed by atoms with Crippen LogP contribution in [0.25, 0.3) is 0 Å². The predicted molar refractivity (Wildman–Crippen MR) is 119 cm³/mol. The Labute approximate surface area is 178 Å². The number of nitrogen functional groups attached to an aromatic ring is 1. The maximum atomic E-state index is 12.9. The summed E-state index contributed by atoms with van der Waals surface area (Å²) in [5.41, 5.74) is 8.81. The minimum atomic E-state index is -0.509. The summed E-state index contributed by atoms with van der Waals surface area (Å²) in [5.74, 6) is 0.806. The fraction of sp³-hybridized carbons (Fsp3) is 0.458. The molecule has 160 valence electrons. The van der Waals surface area contributed by atoms with Crippen LogP contribution in [0.4, 0.5) is 5.82 Å². The lowest BCUT2D eigenvalue weighted by molar-refractivity contribution is -0.131. The Bertz CT molecular complexity index is 884. The number of rotatable bonds is 7. The quantitative estimate of drug-likeness (QED) is 0.735. The molecule has 1 amide bonds.